The molecule has 0 bridgehead atoms. The Labute approximate surface area is 162 Å². The third-order valence-electron chi connectivity index (χ3n) is 3.99. The molecule has 1 N–H and O–H groups in total. The third-order valence-corrected chi connectivity index (χ3v) is 4.73. The van der Waals surface area contributed by atoms with Crippen molar-refractivity contribution < 1.29 is 14.5 Å². The van der Waals surface area contributed by atoms with E-state index < -0.39 is 4.92 Å². The number of nitro benzene ring substituents is 1. The third kappa shape index (κ3) is 5.70. The number of hydrogen-bond donors (Lipinski definition) is 1. The van der Waals surface area contributed by atoms with Gasteiger partial charge in [0, 0.05) is 43.8 Å². The zero-order chi connectivity index (χ0) is 19.8. The van der Waals surface area contributed by atoms with Gasteiger partial charge in [-0.15, -0.1) is 11.8 Å². The number of ether oxygens (including phenoxy) is 1. The number of hydrogen-bond acceptors (Lipinski definition) is 6. The van der Waals surface area contributed by atoms with Gasteiger partial charge >= 0.3 is 0 Å². The molecule has 0 aliphatic rings. The molecule has 0 radical (unpaired) electrons. The van der Waals surface area contributed by atoms with Crippen LogP contribution in [-0.4, -0.2) is 49.3 Å². The van der Waals surface area contributed by atoms with E-state index in [2.05, 4.69) is 5.32 Å². The number of benzene rings is 2. The summed E-state index contributed by atoms with van der Waals surface area (Å²) < 4.78 is 4.93. The smallest absolute Gasteiger partial charge is 0.293 e. The van der Waals surface area contributed by atoms with Crippen molar-refractivity contribution in [2.75, 3.05) is 38.9 Å². The first-order valence-electron chi connectivity index (χ1n) is 8.36. The highest BCUT2D eigenvalue weighted by Gasteiger charge is 2.19. The molecule has 144 valence electrons. The van der Waals surface area contributed by atoms with Gasteiger partial charge in [0.25, 0.3) is 11.6 Å². The quantitative estimate of drug-likeness (QED) is 0.305. The Morgan fingerprint density at radius 2 is 1.96 bits per heavy atom. The molecule has 1 amide bonds. The predicted molar refractivity (Wildman–Crippen MR) is 107 cm³/mol. The lowest BCUT2D eigenvalue weighted by Crippen LogP contribution is -2.26. The van der Waals surface area contributed by atoms with Gasteiger partial charge < -0.3 is 15.0 Å². The van der Waals surface area contributed by atoms with E-state index in [-0.39, 0.29) is 17.2 Å². The van der Waals surface area contributed by atoms with Gasteiger partial charge in [0.1, 0.15) is 5.69 Å². The summed E-state index contributed by atoms with van der Waals surface area (Å²) in [6, 6.07) is 12.4. The van der Waals surface area contributed by atoms with Crippen molar-refractivity contribution in [2.24, 2.45) is 0 Å². The fourth-order valence-electron chi connectivity index (χ4n) is 2.55. The highest BCUT2D eigenvalue weighted by Crippen LogP contribution is 2.26. The lowest BCUT2D eigenvalue weighted by atomic mass is 10.1. The SMILES string of the molecule is COCCNc1ccc(C(=O)N(C)Cc2ccc(SC)cc2)cc1[N+](=O)[O-]. The van der Waals surface area contributed by atoms with Crippen LogP contribution in [0.3, 0.4) is 0 Å². The fourth-order valence-corrected chi connectivity index (χ4v) is 2.96. The number of thioether (sulfide) groups is 1. The molecule has 7 nitrogen and oxygen atoms in total. The summed E-state index contributed by atoms with van der Waals surface area (Å²) in [4.78, 5) is 26.2. The van der Waals surface area contributed by atoms with Crippen molar-refractivity contribution in [1.82, 2.24) is 4.90 Å². The average molecular weight is 389 g/mol. The van der Waals surface area contributed by atoms with Crippen LogP contribution in [0.2, 0.25) is 0 Å². The maximum absolute atomic E-state index is 12.7. The molecule has 0 aliphatic heterocycles. The second-order valence-electron chi connectivity index (χ2n) is 5.92. The maximum atomic E-state index is 12.7. The van der Waals surface area contributed by atoms with Gasteiger partial charge in [-0.05, 0) is 36.1 Å². The Kier molecular flexibility index (Phi) is 7.63. The monoisotopic (exact) mass is 389 g/mol. The summed E-state index contributed by atoms with van der Waals surface area (Å²) in [6.07, 6.45) is 2.01. The molecular formula is C19H23N3O4S. The van der Waals surface area contributed by atoms with Crippen LogP contribution < -0.4 is 5.32 Å². The van der Waals surface area contributed by atoms with E-state index in [1.807, 2.05) is 30.5 Å². The Morgan fingerprint density at radius 1 is 1.26 bits per heavy atom. The summed E-state index contributed by atoms with van der Waals surface area (Å²) >= 11 is 1.65. The molecule has 0 heterocycles. The van der Waals surface area contributed by atoms with Crippen molar-refractivity contribution in [1.29, 1.82) is 0 Å². The fraction of sp³-hybridized carbons (Fsp3) is 0.316. The van der Waals surface area contributed by atoms with Crippen LogP contribution in [0.25, 0.3) is 0 Å². The number of nitrogens with zero attached hydrogens (tertiary/aromatic N) is 2. The summed E-state index contributed by atoms with van der Waals surface area (Å²) in [5, 5.41) is 14.3. The number of methoxy groups -OCH3 is 1. The molecule has 0 aliphatic carbocycles. The number of anilines is 1. The molecule has 8 heteroatoms. The lowest BCUT2D eigenvalue weighted by Gasteiger charge is -2.18. The minimum atomic E-state index is -0.493. The number of amides is 1. The van der Waals surface area contributed by atoms with E-state index in [9.17, 15) is 14.9 Å². The standard InChI is InChI=1S/C19H23N3O4S/c1-21(13-14-4-7-16(27-3)8-5-14)19(23)15-6-9-17(20-10-11-26-2)18(12-15)22(24)25/h4-9,12,20H,10-11,13H2,1-3H3. The van der Waals surface area contributed by atoms with Crippen molar-refractivity contribution in [2.45, 2.75) is 11.4 Å². The first-order chi connectivity index (χ1) is 13.0. The molecule has 2 aromatic carbocycles. The second kappa shape index (κ2) is 9.94. The van der Waals surface area contributed by atoms with Gasteiger partial charge in [0.15, 0.2) is 0 Å². The van der Waals surface area contributed by atoms with E-state index in [0.29, 0.717) is 25.4 Å². The van der Waals surface area contributed by atoms with E-state index >= 15 is 0 Å². The van der Waals surface area contributed by atoms with Gasteiger partial charge in [-0.25, -0.2) is 0 Å². The van der Waals surface area contributed by atoms with Gasteiger partial charge in [-0.2, -0.15) is 0 Å². The molecule has 0 saturated heterocycles. The Morgan fingerprint density at radius 3 is 2.56 bits per heavy atom. The summed E-state index contributed by atoms with van der Waals surface area (Å²) in [6.45, 7) is 1.29. The molecule has 2 rings (SSSR count). The number of carbonyl (C=O) groups excluding carboxylic acids is 1. The van der Waals surface area contributed by atoms with Gasteiger partial charge in [0.05, 0.1) is 11.5 Å². The molecule has 0 aromatic heterocycles. The van der Waals surface area contributed by atoms with E-state index in [1.54, 1.807) is 43.0 Å². The van der Waals surface area contributed by atoms with Crippen LogP contribution in [0.5, 0.6) is 0 Å². The molecule has 0 saturated carbocycles. The minimum absolute atomic E-state index is 0.130. The molecule has 0 fully saturated rings. The number of rotatable bonds is 9. The maximum Gasteiger partial charge on any atom is 0.293 e. The van der Waals surface area contributed by atoms with Crippen LogP contribution in [0.1, 0.15) is 15.9 Å². The van der Waals surface area contributed by atoms with E-state index in [4.69, 9.17) is 4.74 Å². The lowest BCUT2D eigenvalue weighted by molar-refractivity contribution is -0.384. The highest BCUT2D eigenvalue weighted by molar-refractivity contribution is 7.98. The minimum Gasteiger partial charge on any atom is -0.383 e. The second-order valence-corrected chi connectivity index (χ2v) is 6.80. The van der Waals surface area contributed by atoms with Crippen LogP contribution in [0.4, 0.5) is 11.4 Å². The van der Waals surface area contributed by atoms with Crippen LogP contribution in [0, 0.1) is 10.1 Å². The molecule has 0 atom stereocenters. The zero-order valence-corrected chi connectivity index (χ0v) is 16.4. The molecule has 27 heavy (non-hydrogen) atoms. The Hall–Kier alpha value is -2.58. The van der Waals surface area contributed by atoms with Crippen LogP contribution in [-0.2, 0) is 11.3 Å². The Balaban J connectivity index is 2.13. The topological polar surface area (TPSA) is 84.7 Å². The van der Waals surface area contributed by atoms with Crippen molar-refractivity contribution in [3.63, 3.8) is 0 Å². The molecule has 2 aromatic rings. The summed E-state index contributed by atoms with van der Waals surface area (Å²) in [5.74, 6) is -0.268. The average Bonchev–Trinajstić information content (AvgIpc) is 2.68. The van der Waals surface area contributed by atoms with Crippen molar-refractivity contribution in [3.05, 3.63) is 63.7 Å². The Bertz CT molecular complexity index is 796. The molecule has 0 spiro atoms. The predicted octanol–water partition coefficient (Wildman–Crippen LogP) is 3.65. The van der Waals surface area contributed by atoms with Gasteiger partial charge in [-0.1, -0.05) is 12.1 Å². The number of nitrogens with one attached hydrogen (secondary N) is 1. The van der Waals surface area contributed by atoms with Gasteiger partial charge in [0.2, 0.25) is 0 Å². The summed E-state index contributed by atoms with van der Waals surface area (Å²) in [5.41, 5.74) is 1.51. The number of carbonyl (C=O) groups is 1. The first kappa shape index (κ1) is 20.7. The van der Waals surface area contributed by atoms with Crippen LogP contribution >= 0.6 is 11.8 Å². The first-order valence-corrected chi connectivity index (χ1v) is 9.58. The van der Waals surface area contributed by atoms with Crippen LogP contribution in [0.15, 0.2) is 47.4 Å². The van der Waals surface area contributed by atoms with Crippen molar-refractivity contribution in [3.8, 4) is 0 Å². The van der Waals surface area contributed by atoms with E-state index in [1.165, 1.54) is 6.07 Å². The van der Waals surface area contributed by atoms with Crippen molar-refractivity contribution >= 4 is 29.0 Å². The normalized spacial score (nSPS) is 10.5. The largest absolute Gasteiger partial charge is 0.383 e. The highest BCUT2D eigenvalue weighted by atomic mass is 32.2. The summed E-state index contributed by atoms with van der Waals surface area (Å²) in [7, 11) is 3.24. The molecule has 0 unspecified atom stereocenters. The zero-order valence-electron chi connectivity index (χ0n) is 15.6. The number of nitro groups is 1. The van der Waals surface area contributed by atoms with E-state index in [0.717, 1.165) is 10.5 Å². The molecular weight excluding hydrogens is 366 g/mol. The van der Waals surface area contributed by atoms with Gasteiger partial charge in [-0.3, -0.25) is 14.9 Å².